The summed E-state index contributed by atoms with van der Waals surface area (Å²) in [5.41, 5.74) is 0. The number of carbonyl (C=O) groups is 2. The Morgan fingerprint density at radius 2 is 1.93 bits per heavy atom. The van der Waals surface area contributed by atoms with Crippen LogP contribution in [0.3, 0.4) is 0 Å². The maximum atomic E-state index is 12.6. The summed E-state index contributed by atoms with van der Waals surface area (Å²) in [6.07, 6.45) is 1.06. The lowest BCUT2D eigenvalue weighted by Crippen LogP contribution is -2.35. The van der Waals surface area contributed by atoms with Crippen LogP contribution in [0, 0.1) is 11.8 Å². The number of nitrogens with one attached hydrogen (secondary N) is 1. The van der Waals surface area contributed by atoms with Crippen LogP contribution in [-0.4, -0.2) is 71.4 Å². The fourth-order valence-electron chi connectivity index (χ4n) is 3.98. The molecule has 1 aliphatic carbocycles. The number of nitrogens with zero attached hydrogens (tertiary/aromatic N) is 5. The maximum absolute atomic E-state index is 12.6. The summed E-state index contributed by atoms with van der Waals surface area (Å²) in [5.74, 6) is -2.12. The summed E-state index contributed by atoms with van der Waals surface area (Å²) in [7, 11) is 0. The zero-order valence-corrected chi connectivity index (χ0v) is 15.0. The van der Waals surface area contributed by atoms with Crippen LogP contribution >= 0.6 is 0 Å². The van der Waals surface area contributed by atoms with Gasteiger partial charge in [-0.2, -0.15) is 18.2 Å². The highest BCUT2D eigenvalue weighted by Gasteiger charge is 2.44. The van der Waals surface area contributed by atoms with Crippen LogP contribution < -0.4 is 0 Å². The van der Waals surface area contributed by atoms with Gasteiger partial charge >= 0.3 is 6.18 Å². The normalized spacial score (nSPS) is 26.4. The van der Waals surface area contributed by atoms with Gasteiger partial charge in [-0.3, -0.25) is 14.7 Å². The van der Waals surface area contributed by atoms with Crippen molar-refractivity contribution in [1.82, 2.24) is 29.6 Å². The molecule has 1 saturated carbocycles. The van der Waals surface area contributed by atoms with E-state index in [1.165, 1.54) is 4.90 Å². The number of fused-ring (bicyclic) bond motifs is 1. The van der Waals surface area contributed by atoms with Crippen LogP contribution in [0.15, 0.2) is 18.7 Å². The first-order valence-corrected chi connectivity index (χ1v) is 8.76. The van der Waals surface area contributed by atoms with Crippen molar-refractivity contribution in [2.45, 2.75) is 31.2 Å². The Balaban J connectivity index is 0.000000755. The Hall–Kier alpha value is -2.96. The molecule has 0 radical (unpaired) electrons. The highest BCUT2D eigenvalue weighted by molar-refractivity contribution is 5.90. The number of likely N-dealkylation sites (tertiary alicyclic amines) is 1. The Kier molecular flexibility index (Phi) is 5.86. The van der Waals surface area contributed by atoms with Gasteiger partial charge in [-0.05, 0) is 24.7 Å². The maximum Gasteiger partial charge on any atom is 0.451 e. The van der Waals surface area contributed by atoms with Crippen molar-refractivity contribution < 1.29 is 33.0 Å². The lowest BCUT2D eigenvalue weighted by molar-refractivity contribution is -0.144. The van der Waals surface area contributed by atoms with Crippen molar-refractivity contribution >= 4 is 12.4 Å². The Morgan fingerprint density at radius 3 is 2.48 bits per heavy atom. The number of hydrogen-bond donors (Lipinski definition) is 3. The summed E-state index contributed by atoms with van der Waals surface area (Å²) < 4.78 is 39.7. The average molecular weight is 416 g/mol. The predicted octanol–water partition coefficient (Wildman–Crippen LogP) is 0.805. The van der Waals surface area contributed by atoms with E-state index in [1.807, 2.05) is 4.57 Å². The number of rotatable bonds is 2. The Labute approximate surface area is 162 Å². The van der Waals surface area contributed by atoms with E-state index in [9.17, 15) is 23.1 Å². The molecule has 1 amide bonds. The van der Waals surface area contributed by atoms with E-state index in [4.69, 9.17) is 9.90 Å². The fraction of sp³-hybridized carbons (Fsp3) is 0.562. The number of aromatic amines is 1. The van der Waals surface area contributed by atoms with Gasteiger partial charge in [0.15, 0.2) is 0 Å². The minimum atomic E-state index is -4.67. The number of hydrogen-bond acceptors (Lipinski definition) is 6. The molecule has 2 fully saturated rings. The molecule has 0 unspecified atom stereocenters. The van der Waals surface area contributed by atoms with E-state index in [0.717, 1.165) is 0 Å². The third kappa shape index (κ3) is 4.39. The molecule has 2 aliphatic rings. The van der Waals surface area contributed by atoms with Gasteiger partial charge in [0.05, 0.1) is 18.5 Å². The van der Waals surface area contributed by atoms with E-state index >= 15 is 0 Å². The van der Waals surface area contributed by atoms with Crippen molar-refractivity contribution in [3.8, 4) is 0 Å². The molecular weight excluding hydrogens is 397 g/mol. The third-order valence-corrected chi connectivity index (χ3v) is 5.25. The number of H-pyrrole nitrogens is 1. The van der Waals surface area contributed by atoms with Gasteiger partial charge in [-0.1, -0.05) is 0 Å². The quantitative estimate of drug-likeness (QED) is 0.616. The van der Waals surface area contributed by atoms with Gasteiger partial charge < -0.3 is 19.7 Å². The average Bonchev–Trinajstić information content (AvgIpc) is 3.39. The van der Waals surface area contributed by atoms with Crippen molar-refractivity contribution in [1.29, 1.82) is 0 Å². The largest absolute Gasteiger partial charge is 0.483 e. The molecule has 2 aromatic rings. The third-order valence-electron chi connectivity index (χ3n) is 5.25. The molecule has 10 nitrogen and oxygen atoms in total. The van der Waals surface area contributed by atoms with Crippen molar-refractivity contribution in [2.75, 3.05) is 13.1 Å². The highest BCUT2D eigenvalue weighted by Crippen LogP contribution is 2.41. The van der Waals surface area contributed by atoms with Crippen LogP contribution in [-0.2, 0) is 11.0 Å². The highest BCUT2D eigenvalue weighted by atomic mass is 19.4. The minimum Gasteiger partial charge on any atom is -0.483 e. The van der Waals surface area contributed by atoms with Gasteiger partial charge in [0, 0.05) is 25.5 Å². The fourth-order valence-corrected chi connectivity index (χ4v) is 3.98. The number of aliphatic hydroxyl groups is 1. The van der Waals surface area contributed by atoms with Crippen LogP contribution in [0.2, 0.25) is 0 Å². The van der Waals surface area contributed by atoms with E-state index in [0.29, 0.717) is 25.9 Å². The zero-order chi connectivity index (χ0) is 21.2. The van der Waals surface area contributed by atoms with Crippen molar-refractivity contribution in [3.05, 3.63) is 30.4 Å². The first-order valence-electron chi connectivity index (χ1n) is 8.76. The standard InChI is InChI=1S/C15H17F3N6O2.CH2O2/c16-15(17,18)14-20-12(21-22-14)13(26)24-5-8-3-10(23-2-1-19-7-23)11(25)4-9(8)6-24;2-1-3/h1-2,7-11,25H,3-6H2,(H,20,21,22);1H,(H,2,3)/t8-,9+,10-,11-;/m1./s1. The topological polar surface area (TPSA) is 137 Å². The SMILES string of the molecule is O=C(c1n[nH]c(C(F)(F)F)n1)N1C[C@H]2C[C@@H](n3ccnc3)[C@H](O)C[C@H]2C1.O=CO. The molecule has 158 valence electrons. The molecular formula is C16H19F3N6O4. The Bertz CT molecular complexity index is 840. The summed E-state index contributed by atoms with van der Waals surface area (Å²) in [6, 6.07) is -0.117. The first kappa shape index (κ1) is 20.8. The lowest BCUT2D eigenvalue weighted by atomic mass is 9.77. The molecule has 4 rings (SSSR count). The molecule has 2 aromatic heterocycles. The van der Waals surface area contributed by atoms with Crippen molar-refractivity contribution in [2.24, 2.45) is 11.8 Å². The summed E-state index contributed by atoms with van der Waals surface area (Å²) in [6.45, 7) is 0.546. The van der Waals surface area contributed by atoms with E-state index in [-0.39, 0.29) is 24.3 Å². The number of carbonyl (C=O) groups excluding carboxylic acids is 1. The second-order valence-electron chi connectivity index (χ2n) is 6.96. The monoisotopic (exact) mass is 416 g/mol. The first-order chi connectivity index (χ1) is 13.7. The molecule has 3 heterocycles. The van der Waals surface area contributed by atoms with E-state index in [2.05, 4.69) is 15.1 Å². The molecule has 0 spiro atoms. The Morgan fingerprint density at radius 1 is 1.28 bits per heavy atom. The number of amides is 1. The second-order valence-corrected chi connectivity index (χ2v) is 6.96. The molecule has 1 saturated heterocycles. The number of aliphatic hydroxyl groups excluding tert-OH is 1. The van der Waals surface area contributed by atoms with E-state index in [1.54, 1.807) is 23.8 Å². The van der Waals surface area contributed by atoms with Gasteiger partial charge in [0.1, 0.15) is 0 Å². The number of imidazole rings is 1. The van der Waals surface area contributed by atoms with Gasteiger partial charge in [-0.15, -0.1) is 5.10 Å². The molecule has 0 bridgehead atoms. The minimum absolute atomic E-state index is 0.106. The van der Waals surface area contributed by atoms with Gasteiger partial charge in [-0.25, -0.2) is 4.98 Å². The lowest BCUT2D eigenvalue weighted by Gasteiger charge is -2.35. The number of alkyl halides is 3. The summed E-state index contributed by atoms with van der Waals surface area (Å²) in [4.78, 5) is 29.6. The summed E-state index contributed by atoms with van der Waals surface area (Å²) >= 11 is 0. The molecule has 3 N–H and O–H groups in total. The number of aromatic nitrogens is 5. The van der Waals surface area contributed by atoms with Gasteiger partial charge in [0.2, 0.25) is 11.6 Å². The summed E-state index contributed by atoms with van der Waals surface area (Å²) in [5, 5.41) is 22.5. The van der Waals surface area contributed by atoms with Crippen LogP contribution in [0.4, 0.5) is 13.2 Å². The van der Waals surface area contributed by atoms with Crippen LogP contribution in [0.1, 0.15) is 35.3 Å². The van der Waals surface area contributed by atoms with Crippen LogP contribution in [0.5, 0.6) is 0 Å². The molecule has 1 aliphatic heterocycles. The zero-order valence-electron chi connectivity index (χ0n) is 15.0. The van der Waals surface area contributed by atoms with Crippen LogP contribution in [0.25, 0.3) is 0 Å². The molecule has 0 aromatic carbocycles. The second kappa shape index (κ2) is 8.19. The van der Waals surface area contributed by atoms with Crippen molar-refractivity contribution in [3.63, 3.8) is 0 Å². The molecule has 4 atom stereocenters. The molecule has 29 heavy (non-hydrogen) atoms. The van der Waals surface area contributed by atoms with Gasteiger partial charge in [0.25, 0.3) is 12.4 Å². The smallest absolute Gasteiger partial charge is 0.451 e. The number of halogens is 3. The number of carboxylic acid groups (broad SMARTS) is 1. The molecule has 13 heteroatoms. The van der Waals surface area contributed by atoms with E-state index < -0.39 is 29.8 Å². The predicted molar refractivity (Wildman–Crippen MR) is 89.5 cm³/mol.